The number of hydrogen-bond acceptors (Lipinski definition) is 4. The number of aromatic nitrogens is 2. The molecule has 0 fully saturated rings. The number of rotatable bonds is 4. The van der Waals surface area contributed by atoms with Gasteiger partial charge in [-0.25, -0.2) is 9.97 Å². The lowest BCUT2D eigenvalue weighted by Gasteiger charge is -2.08. The van der Waals surface area contributed by atoms with Crippen molar-refractivity contribution >= 4 is 28.8 Å². The third-order valence-corrected chi connectivity index (χ3v) is 4.17. The van der Waals surface area contributed by atoms with Gasteiger partial charge >= 0.3 is 0 Å². The molecule has 0 radical (unpaired) electrons. The third kappa shape index (κ3) is 3.35. The van der Waals surface area contributed by atoms with E-state index in [0.717, 1.165) is 4.88 Å². The highest BCUT2D eigenvalue weighted by Crippen LogP contribution is 2.18. The van der Waals surface area contributed by atoms with Gasteiger partial charge in [0.1, 0.15) is 11.5 Å². The molecule has 0 aliphatic rings. The molecule has 0 bridgehead atoms. The predicted octanol–water partition coefficient (Wildman–Crippen LogP) is 3.55. The summed E-state index contributed by atoms with van der Waals surface area (Å²) in [6.07, 6.45) is 1.48. The summed E-state index contributed by atoms with van der Waals surface area (Å²) in [4.78, 5) is 21.7. The second-order valence-electron chi connectivity index (χ2n) is 4.79. The minimum atomic E-state index is -0.271. The number of amides is 1. The van der Waals surface area contributed by atoms with Crippen LogP contribution in [0.3, 0.4) is 0 Å². The van der Waals surface area contributed by atoms with Crippen molar-refractivity contribution in [1.29, 1.82) is 0 Å². The molecule has 1 N–H and O–H groups in total. The van der Waals surface area contributed by atoms with Crippen molar-refractivity contribution in [3.8, 4) is 0 Å². The standard InChI is InChI=1S/C14H16ClN3OS/c1-8(2)13-16-6-10(15)12(18-13)14(19)17-7-11-9(3)4-5-20-11/h4-6,8H,7H2,1-3H3,(H,17,19). The molecule has 0 spiro atoms. The Kier molecular flexibility index (Phi) is 4.73. The van der Waals surface area contributed by atoms with E-state index in [-0.39, 0.29) is 22.5 Å². The Morgan fingerprint density at radius 1 is 1.50 bits per heavy atom. The summed E-state index contributed by atoms with van der Waals surface area (Å²) in [5.41, 5.74) is 1.41. The minimum Gasteiger partial charge on any atom is -0.346 e. The molecule has 4 nitrogen and oxygen atoms in total. The number of nitrogens with one attached hydrogen (secondary N) is 1. The van der Waals surface area contributed by atoms with Crippen molar-refractivity contribution < 1.29 is 4.79 Å². The molecular weight excluding hydrogens is 294 g/mol. The highest BCUT2D eigenvalue weighted by atomic mass is 35.5. The van der Waals surface area contributed by atoms with Gasteiger partial charge in [0.25, 0.3) is 5.91 Å². The summed E-state index contributed by atoms with van der Waals surface area (Å²) in [6.45, 7) is 6.45. The van der Waals surface area contributed by atoms with Gasteiger partial charge < -0.3 is 5.32 Å². The quantitative estimate of drug-likeness (QED) is 0.939. The first kappa shape index (κ1) is 14.9. The summed E-state index contributed by atoms with van der Waals surface area (Å²) in [6, 6.07) is 2.03. The second kappa shape index (κ2) is 6.33. The van der Waals surface area contributed by atoms with Crippen LogP contribution in [0.5, 0.6) is 0 Å². The van der Waals surface area contributed by atoms with Crippen LogP contribution in [0.15, 0.2) is 17.6 Å². The van der Waals surface area contributed by atoms with Gasteiger partial charge in [0.2, 0.25) is 0 Å². The van der Waals surface area contributed by atoms with E-state index >= 15 is 0 Å². The Balaban J connectivity index is 2.13. The van der Waals surface area contributed by atoms with Crippen molar-refractivity contribution in [2.45, 2.75) is 33.2 Å². The van der Waals surface area contributed by atoms with Gasteiger partial charge in [0.15, 0.2) is 0 Å². The van der Waals surface area contributed by atoms with E-state index in [0.29, 0.717) is 12.4 Å². The number of thiophene rings is 1. The lowest BCUT2D eigenvalue weighted by atomic mass is 10.2. The SMILES string of the molecule is Cc1ccsc1CNC(=O)c1nc(C(C)C)ncc1Cl. The van der Waals surface area contributed by atoms with E-state index in [1.165, 1.54) is 11.8 Å². The van der Waals surface area contributed by atoms with Crippen molar-refractivity contribution in [2.24, 2.45) is 0 Å². The second-order valence-corrected chi connectivity index (χ2v) is 6.20. The van der Waals surface area contributed by atoms with E-state index in [1.807, 2.05) is 32.2 Å². The maximum absolute atomic E-state index is 12.2. The van der Waals surface area contributed by atoms with Gasteiger partial charge in [0, 0.05) is 10.8 Å². The topological polar surface area (TPSA) is 54.9 Å². The predicted molar refractivity (Wildman–Crippen MR) is 81.4 cm³/mol. The van der Waals surface area contributed by atoms with E-state index < -0.39 is 0 Å². The van der Waals surface area contributed by atoms with Gasteiger partial charge in [-0.15, -0.1) is 11.3 Å². The first-order valence-electron chi connectivity index (χ1n) is 6.32. The van der Waals surface area contributed by atoms with Crippen LogP contribution in [0.2, 0.25) is 5.02 Å². The maximum atomic E-state index is 12.2. The van der Waals surface area contributed by atoms with E-state index in [9.17, 15) is 4.79 Å². The van der Waals surface area contributed by atoms with Crippen molar-refractivity contribution in [3.05, 3.63) is 44.6 Å². The first-order valence-corrected chi connectivity index (χ1v) is 7.58. The summed E-state index contributed by atoms with van der Waals surface area (Å²) < 4.78 is 0. The summed E-state index contributed by atoms with van der Waals surface area (Å²) in [5, 5.41) is 5.12. The summed E-state index contributed by atoms with van der Waals surface area (Å²) in [5.74, 6) is 0.498. The number of halogens is 1. The molecule has 2 rings (SSSR count). The highest BCUT2D eigenvalue weighted by molar-refractivity contribution is 7.10. The van der Waals surface area contributed by atoms with Gasteiger partial charge in [-0.2, -0.15) is 0 Å². The third-order valence-electron chi connectivity index (χ3n) is 2.87. The zero-order chi connectivity index (χ0) is 14.7. The number of nitrogens with zero attached hydrogens (tertiary/aromatic N) is 2. The van der Waals surface area contributed by atoms with Crippen LogP contribution in [0.25, 0.3) is 0 Å². The number of aryl methyl sites for hydroxylation is 1. The monoisotopic (exact) mass is 309 g/mol. The molecule has 2 heterocycles. The molecule has 6 heteroatoms. The molecule has 0 unspecified atom stereocenters. The fourth-order valence-corrected chi connectivity index (χ4v) is 2.67. The van der Waals surface area contributed by atoms with Crippen molar-refractivity contribution in [2.75, 3.05) is 0 Å². The van der Waals surface area contributed by atoms with Crippen LogP contribution in [0, 0.1) is 6.92 Å². The Hall–Kier alpha value is -1.46. The van der Waals surface area contributed by atoms with Gasteiger partial charge in [-0.05, 0) is 23.9 Å². The average molecular weight is 310 g/mol. The lowest BCUT2D eigenvalue weighted by Crippen LogP contribution is -2.24. The van der Waals surface area contributed by atoms with Gasteiger partial charge in [-0.1, -0.05) is 25.4 Å². The molecular formula is C14H16ClN3OS. The molecule has 0 aromatic carbocycles. The lowest BCUT2D eigenvalue weighted by molar-refractivity contribution is 0.0946. The molecule has 0 saturated carbocycles. The molecule has 0 aliphatic carbocycles. The minimum absolute atomic E-state index is 0.151. The van der Waals surface area contributed by atoms with E-state index in [4.69, 9.17) is 11.6 Å². The van der Waals surface area contributed by atoms with E-state index in [1.54, 1.807) is 11.3 Å². The zero-order valence-electron chi connectivity index (χ0n) is 11.6. The van der Waals surface area contributed by atoms with Crippen LogP contribution in [-0.2, 0) is 6.54 Å². The number of carbonyl (C=O) groups excluding carboxylic acids is 1. The molecule has 0 saturated heterocycles. The smallest absolute Gasteiger partial charge is 0.271 e. The fraction of sp³-hybridized carbons (Fsp3) is 0.357. The summed E-state index contributed by atoms with van der Waals surface area (Å²) >= 11 is 7.62. The zero-order valence-corrected chi connectivity index (χ0v) is 13.2. The van der Waals surface area contributed by atoms with Crippen LogP contribution in [-0.4, -0.2) is 15.9 Å². The number of carbonyl (C=O) groups is 1. The van der Waals surface area contributed by atoms with Crippen molar-refractivity contribution in [3.63, 3.8) is 0 Å². The normalized spacial score (nSPS) is 10.8. The van der Waals surface area contributed by atoms with E-state index in [2.05, 4.69) is 15.3 Å². The maximum Gasteiger partial charge on any atom is 0.271 e. The molecule has 106 valence electrons. The molecule has 20 heavy (non-hydrogen) atoms. The van der Waals surface area contributed by atoms with Crippen LogP contribution >= 0.6 is 22.9 Å². The van der Waals surface area contributed by atoms with Crippen molar-refractivity contribution in [1.82, 2.24) is 15.3 Å². The van der Waals surface area contributed by atoms with Crippen LogP contribution in [0.4, 0.5) is 0 Å². The molecule has 1 amide bonds. The van der Waals surface area contributed by atoms with Crippen LogP contribution < -0.4 is 5.32 Å². The first-order chi connectivity index (χ1) is 9.49. The Labute approximate surface area is 127 Å². The molecule has 0 aliphatic heterocycles. The van der Waals surface area contributed by atoms with Gasteiger partial charge in [-0.3, -0.25) is 4.79 Å². The largest absolute Gasteiger partial charge is 0.346 e. The average Bonchev–Trinajstić information content (AvgIpc) is 2.81. The Morgan fingerprint density at radius 3 is 2.85 bits per heavy atom. The van der Waals surface area contributed by atoms with Gasteiger partial charge in [0.05, 0.1) is 17.8 Å². The Bertz CT molecular complexity index is 625. The summed E-state index contributed by atoms with van der Waals surface area (Å²) in [7, 11) is 0. The fourth-order valence-electron chi connectivity index (χ4n) is 1.65. The molecule has 0 atom stereocenters. The highest BCUT2D eigenvalue weighted by Gasteiger charge is 2.15. The molecule has 2 aromatic heterocycles. The molecule has 2 aromatic rings. The number of hydrogen-bond donors (Lipinski definition) is 1. The van der Waals surface area contributed by atoms with Crippen LogP contribution in [0.1, 0.15) is 46.5 Å². The Morgan fingerprint density at radius 2 is 2.25 bits per heavy atom.